The summed E-state index contributed by atoms with van der Waals surface area (Å²) in [7, 11) is 0. The zero-order chi connectivity index (χ0) is 8.97. The number of hydrogen-bond acceptors (Lipinski definition) is 1. The summed E-state index contributed by atoms with van der Waals surface area (Å²) >= 11 is 9.20. The van der Waals surface area contributed by atoms with Crippen LogP contribution in [0.5, 0.6) is 0 Å². The largest absolute Gasteiger partial charge is 0.241 e. The lowest BCUT2D eigenvalue weighted by atomic mass is 10.1. The van der Waals surface area contributed by atoms with E-state index in [0.717, 1.165) is 23.9 Å². The van der Waals surface area contributed by atoms with E-state index in [2.05, 4.69) is 27.0 Å². The number of nitrogens with zero attached hydrogens (tertiary/aromatic N) is 1. The molecule has 3 heteroatoms. The monoisotopic (exact) mass is 247 g/mol. The fourth-order valence-electron chi connectivity index (χ4n) is 1.11. The molecule has 1 nitrogen and oxygen atoms in total. The van der Waals surface area contributed by atoms with Gasteiger partial charge in [0.05, 0.1) is 0 Å². The third kappa shape index (κ3) is 3.11. The number of rotatable bonds is 3. The van der Waals surface area contributed by atoms with Crippen molar-refractivity contribution in [2.75, 3.05) is 5.33 Å². The molecular weight excluding hydrogens is 237 g/mol. The van der Waals surface area contributed by atoms with Crippen LogP contribution < -0.4 is 0 Å². The summed E-state index contributed by atoms with van der Waals surface area (Å²) in [6.45, 7) is 1.96. The molecule has 0 aliphatic heterocycles. The minimum absolute atomic E-state index is 0.597. The first-order valence-corrected chi connectivity index (χ1v) is 5.41. The lowest BCUT2D eigenvalue weighted by Crippen LogP contribution is -1.90. The number of halogens is 2. The quantitative estimate of drug-likeness (QED) is 0.590. The third-order valence-corrected chi connectivity index (χ3v) is 2.34. The van der Waals surface area contributed by atoms with Crippen LogP contribution in [0.3, 0.4) is 0 Å². The zero-order valence-electron chi connectivity index (χ0n) is 6.98. The molecule has 0 aromatic carbocycles. The Labute approximate surface area is 86.3 Å². The van der Waals surface area contributed by atoms with Gasteiger partial charge in [-0.3, -0.25) is 0 Å². The van der Waals surface area contributed by atoms with Crippen LogP contribution in [0, 0.1) is 6.92 Å². The van der Waals surface area contributed by atoms with Gasteiger partial charge in [0, 0.05) is 11.0 Å². The van der Waals surface area contributed by atoms with Crippen LogP contribution in [0.1, 0.15) is 17.7 Å². The van der Waals surface area contributed by atoms with Crippen molar-refractivity contribution < 1.29 is 0 Å². The summed E-state index contributed by atoms with van der Waals surface area (Å²) < 4.78 is 0. The second-order valence-corrected chi connectivity index (χ2v) is 3.91. The SMILES string of the molecule is Cc1cc(CCCBr)cc(Cl)n1. The Bertz CT molecular complexity index is 242. The van der Waals surface area contributed by atoms with E-state index in [9.17, 15) is 0 Å². The summed E-state index contributed by atoms with van der Waals surface area (Å²) in [5, 5.41) is 1.63. The minimum Gasteiger partial charge on any atom is -0.241 e. The Balaban J connectivity index is 2.72. The highest BCUT2D eigenvalue weighted by atomic mass is 79.9. The normalized spacial score (nSPS) is 10.2. The summed E-state index contributed by atoms with van der Waals surface area (Å²) in [6.07, 6.45) is 2.20. The first kappa shape index (κ1) is 10.0. The molecular formula is C9H11BrClN. The van der Waals surface area contributed by atoms with E-state index in [1.165, 1.54) is 5.56 Å². The van der Waals surface area contributed by atoms with E-state index >= 15 is 0 Å². The molecule has 0 aliphatic rings. The Morgan fingerprint density at radius 2 is 2.25 bits per heavy atom. The molecule has 0 bridgehead atoms. The molecule has 0 aliphatic carbocycles. The number of hydrogen-bond donors (Lipinski definition) is 0. The average Bonchev–Trinajstić information content (AvgIpc) is 1.99. The molecule has 1 aromatic rings. The van der Waals surface area contributed by atoms with Gasteiger partial charge in [-0.05, 0) is 37.5 Å². The average molecular weight is 249 g/mol. The molecule has 0 saturated heterocycles. The standard InChI is InChI=1S/C9H11BrClN/c1-7-5-8(3-2-4-10)6-9(11)12-7/h5-6H,2-4H2,1H3. The Morgan fingerprint density at radius 3 is 2.83 bits per heavy atom. The fourth-order valence-corrected chi connectivity index (χ4v) is 1.67. The molecule has 12 heavy (non-hydrogen) atoms. The Kier molecular flexibility index (Phi) is 4.02. The van der Waals surface area contributed by atoms with Crippen LogP contribution in [0.4, 0.5) is 0 Å². The predicted molar refractivity (Wildman–Crippen MR) is 56.1 cm³/mol. The van der Waals surface area contributed by atoms with Crippen molar-refractivity contribution >= 4 is 27.5 Å². The molecule has 0 atom stereocenters. The van der Waals surface area contributed by atoms with Gasteiger partial charge in [0.15, 0.2) is 0 Å². The summed E-state index contributed by atoms with van der Waals surface area (Å²) in [5.74, 6) is 0. The first-order chi connectivity index (χ1) is 5.72. The maximum absolute atomic E-state index is 5.81. The summed E-state index contributed by atoms with van der Waals surface area (Å²) in [4.78, 5) is 4.10. The molecule has 66 valence electrons. The highest BCUT2D eigenvalue weighted by molar-refractivity contribution is 9.09. The van der Waals surface area contributed by atoms with Gasteiger partial charge in [-0.2, -0.15) is 0 Å². The molecule has 0 radical (unpaired) electrons. The molecule has 1 aromatic heterocycles. The lowest BCUT2D eigenvalue weighted by molar-refractivity contribution is 0.931. The van der Waals surface area contributed by atoms with Crippen molar-refractivity contribution in [3.63, 3.8) is 0 Å². The maximum atomic E-state index is 5.81. The lowest BCUT2D eigenvalue weighted by Gasteiger charge is -2.01. The van der Waals surface area contributed by atoms with Crippen molar-refractivity contribution in [2.24, 2.45) is 0 Å². The highest BCUT2D eigenvalue weighted by Crippen LogP contribution is 2.12. The molecule has 0 saturated carbocycles. The van der Waals surface area contributed by atoms with Crippen molar-refractivity contribution in [1.82, 2.24) is 4.98 Å². The number of alkyl halides is 1. The summed E-state index contributed by atoms with van der Waals surface area (Å²) in [6, 6.07) is 4.01. The second kappa shape index (κ2) is 4.83. The minimum atomic E-state index is 0.597. The third-order valence-electron chi connectivity index (χ3n) is 1.58. The van der Waals surface area contributed by atoms with E-state index in [1.807, 2.05) is 13.0 Å². The van der Waals surface area contributed by atoms with Crippen LogP contribution >= 0.6 is 27.5 Å². The maximum Gasteiger partial charge on any atom is 0.129 e. The smallest absolute Gasteiger partial charge is 0.129 e. The number of aromatic nitrogens is 1. The van der Waals surface area contributed by atoms with Crippen molar-refractivity contribution in [2.45, 2.75) is 19.8 Å². The number of pyridine rings is 1. The van der Waals surface area contributed by atoms with Gasteiger partial charge in [-0.25, -0.2) is 4.98 Å². The van der Waals surface area contributed by atoms with Gasteiger partial charge >= 0.3 is 0 Å². The van der Waals surface area contributed by atoms with Gasteiger partial charge in [-0.15, -0.1) is 0 Å². The van der Waals surface area contributed by atoms with Crippen LogP contribution in [-0.2, 0) is 6.42 Å². The molecule has 0 unspecified atom stereocenters. The summed E-state index contributed by atoms with van der Waals surface area (Å²) in [5.41, 5.74) is 2.26. The van der Waals surface area contributed by atoms with E-state index in [4.69, 9.17) is 11.6 Å². The van der Waals surface area contributed by atoms with Crippen LogP contribution in [0.15, 0.2) is 12.1 Å². The van der Waals surface area contributed by atoms with E-state index in [-0.39, 0.29) is 0 Å². The number of aryl methyl sites for hydroxylation is 2. The van der Waals surface area contributed by atoms with E-state index in [1.54, 1.807) is 0 Å². The highest BCUT2D eigenvalue weighted by Gasteiger charge is 1.97. The van der Waals surface area contributed by atoms with Crippen molar-refractivity contribution in [3.8, 4) is 0 Å². The Morgan fingerprint density at radius 1 is 1.50 bits per heavy atom. The molecule has 0 N–H and O–H groups in total. The van der Waals surface area contributed by atoms with Gasteiger partial charge in [0.2, 0.25) is 0 Å². The molecule has 1 rings (SSSR count). The van der Waals surface area contributed by atoms with Gasteiger partial charge in [0.1, 0.15) is 5.15 Å². The Hall–Kier alpha value is -0.0800. The van der Waals surface area contributed by atoms with Gasteiger partial charge < -0.3 is 0 Å². The van der Waals surface area contributed by atoms with Crippen LogP contribution in [-0.4, -0.2) is 10.3 Å². The van der Waals surface area contributed by atoms with Crippen LogP contribution in [0.2, 0.25) is 5.15 Å². The second-order valence-electron chi connectivity index (χ2n) is 2.73. The topological polar surface area (TPSA) is 12.9 Å². The fraction of sp³-hybridized carbons (Fsp3) is 0.444. The molecule has 0 fully saturated rings. The van der Waals surface area contributed by atoms with E-state index in [0.29, 0.717) is 5.15 Å². The molecule has 0 spiro atoms. The molecule has 0 amide bonds. The van der Waals surface area contributed by atoms with E-state index < -0.39 is 0 Å². The van der Waals surface area contributed by atoms with Gasteiger partial charge in [0.25, 0.3) is 0 Å². The molecule has 1 heterocycles. The van der Waals surface area contributed by atoms with Crippen molar-refractivity contribution in [1.29, 1.82) is 0 Å². The van der Waals surface area contributed by atoms with Crippen LogP contribution in [0.25, 0.3) is 0 Å². The van der Waals surface area contributed by atoms with Gasteiger partial charge in [-0.1, -0.05) is 27.5 Å². The zero-order valence-corrected chi connectivity index (χ0v) is 9.32. The first-order valence-electron chi connectivity index (χ1n) is 3.91. The van der Waals surface area contributed by atoms with Crippen molar-refractivity contribution in [3.05, 3.63) is 28.5 Å². The predicted octanol–water partition coefficient (Wildman–Crippen LogP) is 3.37.